The number of nitrogens with zero attached hydrogens (tertiary/aromatic N) is 1. The number of rotatable bonds is 1. The Morgan fingerprint density at radius 1 is 1.23 bits per heavy atom. The number of hydrogen-bond acceptors (Lipinski definition) is 3. The maximum atomic E-state index is 11.0. The molecular formula is C10H15NO2. The van der Waals surface area contributed by atoms with Gasteiger partial charge < -0.3 is 9.64 Å². The van der Waals surface area contributed by atoms with E-state index in [0.29, 0.717) is 6.42 Å². The number of carbonyl (C=O) groups excluding carboxylic acids is 1. The lowest BCUT2D eigenvalue weighted by atomic mass is 10.3. The molecule has 3 heteroatoms. The van der Waals surface area contributed by atoms with Crippen molar-refractivity contribution in [3.63, 3.8) is 0 Å². The monoisotopic (exact) mass is 181 g/mol. The molecule has 0 atom stereocenters. The minimum Gasteiger partial charge on any atom is -0.380 e. The Morgan fingerprint density at radius 3 is 2.92 bits per heavy atom. The van der Waals surface area contributed by atoms with E-state index in [1.165, 1.54) is 5.70 Å². The molecule has 0 bridgehead atoms. The molecule has 0 spiro atoms. The molecule has 2 aliphatic rings. The molecule has 0 saturated carbocycles. The Balaban J connectivity index is 1.98. The number of ketones is 1. The van der Waals surface area contributed by atoms with Crippen LogP contribution >= 0.6 is 0 Å². The first-order chi connectivity index (χ1) is 6.36. The molecular weight excluding hydrogens is 166 g/mol. The van der Waals surface area contributed by atoms with Gasteiger partial charge in [-0.2, -0.15) is 0 Å². The number of hydrogen-bond donors (Lipinski definition) is 0. The maximum absolute atomic E-state index is 11.0. The molecule has 1 heterocycles. The maximum Gasteiger partial charge on any atom is 0.157 e. The molecule has 0 N–H and O–H groups in total. The van der Waals surface area contributed by atoms with E-state index in [1.807, 2.05) is 0 Å². The highest BCUT2D eigenvalue weighted by Gasteiger charge is 2.18. The first kappa shape index (κ1) is 8.75. The van der Waals surface area contributed by atoms with E-state index in [2.05, 4.69) is 4.90 Å². The fourth-order valence-electron chi connectivity index (χ4n) is 1.86. The molecule has 0 aromatic carbocycles. The predicted octanol–water partition coefficient (Wildman–Crippen LogP) is 0.956. The van der Waals surface area contributed by atoms with Crippen molar-refractivity contribution in [1.29, 1.82) is 0 Å². The van der Waals surface area contributed by atoms with Crippen molar-refractivity contribution in [2.24, 2.45) is 0 Å². The number of allylic oxidation sites excluding steroid dienone is 2. The van der Waals surface area contributed by atoms with Gasteiger partial charge in [-0.3, -0.25) is 4.79 Å². The quantitative estimate of drug-likeness (QED) is 0.603. The molecule has 0 radical (unpaired) electrons. The lowest BCUT2D eigenvalue weighted by Gasteiger charge is -2.22. The lowest BCUT2D eigenvalue weighted by molar-refractivity contribution is -0.114. The largest absolute Gasteiger partial charge is 0.380 e. The molecule has 0 aromatic rings. The molecule has 72 valence electrons. The van der Waals surface area contributed by atoms with Crippen LogP contribution in [0.15, 0.2) is 11.8 Å². The zero-order valence-corrected chi connectivity index (χ0v) is 7.79. The normalized spacial score (nSPS) is 24.5. The molecule has 0 amide bonds. The van der Waals surface area contributed by atoms with Gasteiger partial charge in [0.25, 0.3) is 0 Å². The molecule has 3 nitrogen and oxygen atoms in total. The van der Waals surface area contributed by atoms with E-state index < -0.39 is 0 Å². The fourth-order valence-corrected chi connectivity index (χ4v) is 1.86. The highest BCUT2D eigenvalue weighted by atomic mass is 16.5. The minimum absolute atomic E-state index is 0.278. The summed E-state index contributed by atoms with van der Waals surface area (Å²) in [6.07, 6.45) is 4.50. The van der Waals surface area contributed by atoms with Crippen LogP contribution in [0.2, 0.25) is 0 Å². The highest BCUT2D eigenvalue weighted by molar-refractivity contribution is 5.92. The van der Waals surface area contributed by atoms with Gasteiger partial charge in [0.15, 0.2) is 5.78 Å². The van der Waals surface area contributed by atoms with Gasteiger partial charge in [0.1, 0.15) is 0 Å². The standard InChI is InChI=1S/C10H15NO2/c12-10-3-2-9(8-10)11-4-1-6-13-7-5-11/h8H,1-7H2. The van der Waals surface area contributed by atoms with Crippen LogP contribution < -0.4 is 0 Å². The number of ether oxygens (including phenoxy) is 1. The average molecular weight is 181 g/mol. The third-order valence-corrected chi connectivity index (χ3v) is 2.58. The Morgan fingerprint density at radius 2 is 2.15 bits per heavy atom. The van der Waals surface area contributed by atoms with E-state index in [9.17, 15) is 4.79 Å². The second kappa shape index (κ2) is 3.92. The summed E-state index contributed by atoms with van der Waals surface area (Å²) in [4.78, 5) is 13.3. The molecule has 1 aliphatic heterocycles. The molecule has 13 heavy (non-hydrogen) atoms. The van der Waals surface area contributed by atoms with Crippen molar-refractivity contribution in [2.75, 3.05) is 26.3 Å². The second-order valence-corrected chi connectivity index (χ2v) is 3.55. The molecule has 1 fully saturated rings. The summed E-state index contributed by atoms with van der Waals surface area (Å²) in [5.41, 5.74) is 1.22. The van der Waals surface area contributed by atoms with E-state index in [0.717, 1.165) is 39.1 Å². The van der Waals surface area contributed by atoms with Crippen LogP contribution in [0, 0.1) is 0 Å². The molecule has 1 saturated heterocycles. The van der Waals surface area contributed by atoms with Crippen molar-refractivity contribution in [1.82, 2.24) is 4.90 Å². The van der Waals surface area contributed by atoms with Crippen molar-refractivity contribution < 1.29 is 9.53 Å². The van der Waals surface area contributed by atoms with Crippen LogP contribution in [0.25, 0.3) is 0 Å². The molecule has 1 aliphatic carbocycles. The van der Waals surface area contributed by atoms with E-state index in [4.69, 9.17) is 4.74 Å². The molecule has 0 unspecified atom stereocenters. The predicted molar refractivity (Wildman–Crippen MR) is 49.3 cm³/mol. The first-order valence-corrected chi connectivity index (χ1v) is 4.92. The zero-order chi connectivity index (χ0) is 9.10. The summed E-state index contributed by atoms with van der Waals surface area (Å²) < 4.78 is 5.36. The van der Waals surface area contributed by atoms with Crippen LogP contribution in [0.3, 0.4) is 0 Å². The van der Waals surface area contributed by atoms with Crippen LogP contribution in [0.4, 0.5) is 0 Å². The van der Waals surface area contributed by atoms with Gasteiger partial charge in [-0.05, 0) is 12.8 Å². The third-order valence-electron chi connectivity index (χ3n) is 2.58. The SMILES string of the molecule is O=C1C=C(N2CCCOCC2)CC1. The Labute approximate surface area is 78.4 Å². The Kier molecular flexibility index (Phi) is 2.64. The summed E-state index contributed by atoms with van der Waals surface area (Å²) in [6, 6.07) is 0. The third kappa shape index (κ3) is 2.10. The second-order valence-electron chi connectivity index (χ2n) is 3.55. The van der Waals surface area contributed by atoms with Gasteiger partial charge in [-0.15, -0.1) is 0 Å². The van der Waals surface area contributed by atoms with Crippen molar-refractivity contribution in [2.45, 2.75) is 19.3 Å². The van der Waals surface area contributed by atoms with Crippen molar-refractivity contribution in [3.05, 3.63) is 11.8 Å². The van der Waals surface area contributed by atoms with E-state index >= 15 is 0 Å². The fraction of sp³-hybridized carbons (Fsp3) is 0.700. The topological polar surface area (TPSA) is 29.5 Å². The van der Waals surface area contributed by atoms with E-state index in [1.54, 1.807) is 6.08 Å². The first-order valence-electron chi connectivity index (χ1n) is 4.92. The van der Waals surface area contributed by atoms with Crippen LogP contribution in [-0.4, -0.2) is 37.0 Å². The van der Waals surface area contributed by atoms with Crippen LogP contribution in [0.1, 0.15) is 19.3 Å². The lowest BCUT2D eigenvalue weighted by Crippen LogP contribution is -2.24. The summed E-state index contributed by atoms with van der Waals surface area (Å²) in [5.74, 6) is 0.278. The van der Waals surface area contributed by atoms with Gasteiger partial charge in [0, 0.05) is 37.9 Å². The Hall–Kier alpha value is -0.830. The van der Waals surface area contributed by atoms with Gasteiger partial charge in [0.2, 0.25) is 0 Å². The van der Waals surface area contributed by atoms with Gasteiger partial charge in [-0.25, -0.2) is 0 Å². The molecule has 0 aromatic heterocycles. The van der Waals surface area contributed by atoms with Gasteiger partial charge in [-0.1, -0.05) is 0 Å². The van der Waals surface area contributed by atoms with E-state index in [-0.39, 0.29) is 5.78 Å². The Bertz CT molecular complexity index is 227. The van der Waals surface area contributed by atoms with Crippen LogP contribution in [-0.2, 0) is 9.53 Å². The summed E-state index contributed by atoms with van der Waals surface area (Å²) in [6.45, 7) is 3.64. The van der Waals surface area contributed by atoms with Crippen molar-refractivity contribution in [3.8, 4) is 0 Å². The van der Waals surface area contributed by atoms with Crippen molar-refractivity contribution >= 4 is 5.78 Å². The minimum atomic E-state index is 0.278. The smallest absolute Gasteiger partial charge is 0.157 e. The zero-order valence-electron chi connectivity index (χ0n) is 7.79. The number of carbonyl (C=O) groups is 1. The average Bonchev–Trinajstić information content (AvgIpc) is 2.43. The molecule has 2 rings (SSSR count). The summed E-state index contributed by atoms with van der Waals surface area (Å²) in [7, 11) is 0. The highest BCUT2D eigenvalue weighted by Crippen LogP contribution is 2.20. The van der Waals surface area contributed by atoms with Gasteiger partial charge >= 0.3 is 0 Å². The summed E-state index contributed by atoms with van der Waals surface area (Å²) in [5, 5.41) is 0. The summed E-state index contributed by atoms with van der Waals surface area (Å²) >= 11 is 0. The van der Waals surface area contributed by atoms with Crippen LogP contribution in [0.5, 0.6) is 0 Å². The van der Waals surface area contributed by atoms with Gasteiger partial charge in [0.05, 0.1) is 6.61 Å².